The third kappa shape index (κ3) is 4.10. The maximum atomic E-state index is 9.11. The van der Waals surface area contributed by atoms with Crippen LogP contribution in [-0.2, 0) is 0 Å². The van der Waals surface area contributed by atoms with Crippen molar-refractivity contribution in [2.24, 2.45) is 5.10 Å². The van der Waals surface area contributed by atoms with Crippen LogP contribution >= 0.6 is 15.9 Å². The fraction of sp³-hybridized carbons (Fsp3) is 0.0476. The van der Waals surface area contributed by atoms with Crippen molar-refractivity contribution < 1.29 is 4.42 Å². The first-order valence-electron chi connectivity index (χ1n) is 8.71. The Kier molecular flexibility index (Phi) is 5.22. The number of benzene rings is 2. The number of nitriles is 1. The van der Waals surface area contributed by atoms with Gasteiger partial charge in [-0.05, 0) is 24.3 Å². The Balaban J connectivity index is 1.70. The molecule has 0 aliphatic carbocycles. The average molecular weight is 447 g/mol. The number of halogens is 1. The van der Waals surface area contributed by atoms with Crippen LogP contribution in [0.15, 0.2) is 74.8 Å². The standard InChI is InChI=1S/C21H15BrN6O/c1-14-25-19(11-23)21(29-14)26-24-12-16-13-28(18-5-3-2-4-6-18)27-20(16)15-7-9-17(22)10-8-15/h2-10,12-13,26H,1H3. The van der Waals surface area contributed by atoms with E-state index in [0.29, 0.717) is 5.89 Å². The second-order valence-electron chi connectivity index (χ2n) is 6.11. The molecule has 2 aromatic carbocycles. The van der Waals surface area contributed by atoms with Crippen LogP contribution in [0.2, 0.25) is 0 Å². The summed E-state index contributed by atoms with van der Waals surface area (Å²) in [6.45, 7) is 1.67. The molecule has 0 bridgehead atoms. The van der Waals surface area contributed by atoms with E-state index in [1.807, 2.05) is 66.9 Å². The van der Waals surface area contributed by atoms with Gasteiger partial charge in [-0.25, -0.2) is 15.1 Å². The number of aryl methyl sites for hydroxylation is 1. The normalized spacial score (nSPS) is 10.9. The molecule has 0 aliphatic rings. The number of hydrogen-bond acceptors (Lipinski definition) is 6. The number of nitrogens with one attached hydrogen (secondary N) is 1. The van der Waals surface area contributed by atoms with Gasteiger partial charge in [0.25, 0.3) is 5.88 Å². The van der Waals surface area contributed by atoms with E-state index in [4.69, 9.17) is 14.8 Å². The summed E-state index contributed by atoms with van der Waals surface area (Å²) in [7, 11) is 0. The van der Waals surface area contributed by atoms with Crippen molar-refractivity contribution in [2.45, 2.75) is 6.92 Å². The molecule has 0 spiro atoms. The maximum Gasteiger partial charge on any atom is 0.252 e. The molecular weight excluding hydrogens is 432 g/mol. The Morgan fingerprint density at radius 1 is 1.17 bits per heavy atom. The number of aromatic nitrogens is 3. The van der Waals surface area contributed by atoms with Crippen LogP contribution in [-0.4, -0.2) is 21.0 Å². The summed E-state index contributed by atoms with van der Waals surface area (Å²) < 4.78 is 8.16. The lowest BCUT2D eigenvalue weighted by Crippen LogP contribution is -1.93. The number of rotatable bonds is 5. The van der Waals surface area contributed by atoms with Crippen molar-refractivity contribution in [2.75, 3.05) is 5.43 Å². The third-order valence-corrected chi connectivity index (χ3v) is 4.62. The Morgan fingerprint density at radius 2 is 1.93 bits per heavy atom. The highest BCUT2D eigenvalue weighted by molar-refractivity contribution is 9.10. The molecule has 0 amide bonds. The first-order chi connectivity index (χ1) is 14.1. The van der Waals surface area contributed by atoms with E-state index in [2.05, 4.69) is 31.4 Å². The molecule has 8 heteroatoms. The molecule has 4 aromatic rings. The molecule has 1 N–H and O–H groups in total. The van der Waals surface area contributed by atoms with Gasteiger partial charge in [0, 0.05) is 28.7 Å². The van der Waals surface area contributed by atoms with Gasteiger partial charge in [-0.15, -0.1) is 0 Å². The van der Waals surface area contributed by atoms with Gasteiger partial charge in [0.1, 0.15) is 11.8 Å². The molecule has 0 radical (unpaired) electrons. The Morgan fingerprint density at radius 3 is 2.66 bits per heavy atom. The van der Waals surface area contributed by atoms with E-state index in [1.54, 1.807) is 17.8 Å². The van der Waals surface area contributed by atoms with Crippen molar-refractivity contribution in [3.8, 4) is 23.0 Å². The maximum absolute atomic E-state index is 9.11. The van der Waals surface area contributed by atoms with Crippen LogP contribution in [0.4, 0.5) is 5.88 Å². The van der Waals surface area contributed by atoms with Gasteiger partial charge >= 0.3 is 0 Å². The summed E-state index contributed by atoms with van der Waals surface area (Å²) in [4.78, 5) is 3.99. The fourth-order valence-corrected chi connectivity index (χ4v) is 3.03. The van der Waals surface area contributed by atoms with E-state index in [9.17, 15) is 0 Å². The molecule has 0 fully saturated rings. The number of para-hydroxylation sites is 1. The van der Waals surface area contributed by atoms with E-state index in [-0.39, 0.29) is 11.6 Å². The zero-order chi connectivity index (χ0) is 20.2. The van der Waals surface area contributed by atoms with Crippen LogP contribution in [0.5, 0.6) is 0 Å². The second-order valence-corrected chi connectivity index (χ2v) is 7.03. The number of hydrogen-bond donors (Lipinski definition) is 1. The minimum absolute atomic E-state index is 0.160. The van der Waals surface area contributed by atoms with Gasteiger partial charge in [0.05, 0.1) is 11.9 Å². The lowest BCUT2D eigenvalue weighted by molar-refractivity contribution is 0.533. The van der Waals surface area contributed by atoms with Crippen LogP contribution < -0.4 is 5.43 Å². The third-order valence-electron chi connectivity index (χ3n) is 4.09. The molecule has 2 aromatic heterocycles. The van der Waals surface area contributed by atoms with Gasteiger partial charge in [0.15, 0.2) is 5.89 Å². The van der Waals surface area contributed by atoms with E-state index >= 15 is 0 Å². The van der Waals surface area contributed by atoms with Crippen LogP contribution in [0.1, 0.15) is 17.1 Å². The second kappa shape index (κ2) is 8.12. The van der Waals surface area contributed by atoms with E-state index in [1.165, 1.54) is 0 Å². The highest BCUT2D eigenvalue weighted by Gasteiger charge is 2.12. The number of hydrazone groups is 1. The van der Waals surface area contributed by atoms with Crippen molar-refractivity contribution in [1.29, 1.82) is 5.26 Å². The summed E-state index contributed by atoms with van der Waals surface area (Å²) in [5.41, 5.74) is 6.38. The first-order valence-corrected chi connectivity index (χ1v) is 9.51. The monoisotopic (exact) mass is 446 g/mol. The van der Waals surface area contributed by atoms with E-state index < -0.39 is 0 Å². The summed E-state index contributed by atoms with van der Waals surface area (Å²) in [6, 6.07) is 19.7. The highest BCUT2D eigenvalue weighted by atomic mass is 79.9. The van der Waals surface area contributed by atoms with Crippen LogP contribution in [0.25, 0.3) is 16.9 Å². The minimum Gasteiger partial charge on any atom is -0.422 e. The number of anilines is 1. The zero-order valence-electron chi connectivity index (χ0n) is 15.4. The molecule has 29 heavy (non-hydrogen) atoms. The summed E-state index contributed by atoms with van der Waals surface area (Å²) >= 11 is 3.46. The molecule has 0 saturated carbocycles. The highest BCUT2D eigenvalue weighted by Crippen LogP contribution is 2.24. The summed E-state index contributed by atoms with van der Waals surface area (Å²) in [5.74, 6) is 0.605. The molecule has 142 valence electrons. The van der Waals surface area contributed by atoms with Crippen molar-refractivity contribution in [1.82, 2.24) is 14.8 Å². The molecule has 0 saturated heterocycles. The van der Waals surface area contributed by atoms with Crippen molar-refractivity contribution in [3.05, 3.63) is 82.4 Å². The Labute approximate surface area is 175 Å². The van der Waals surface area contributed by atoms with Crippen molar-refractivity contribution in [3.63, 3.8) is 0 Å². The average Bonchev–Trinajstić information content (AvgIpc) is 3.32. The van der Waals surface area contributed by atoms with Gasteiger partial charge < -0.3 is 4.42 Å². The molecule has 0 aliphatic heterocycles. The Hall–Kier alpha value is -3.70. The number of nitrogens with zero attached hydrogens (tertiary/aromatic N) is 5. The largest absolute Gasteiger partial charge is 0.422 e. The number of oxazole rings is 1. The fourth-order valence-electron chi connectivity index (χ4n) is 2.77. The topological polar surface area (TPSA) is 92.0 Å². The van der Waals surface area contributed by atoms with Crippen LogP contribution in [0.3, 0.4) is 0 Å². The van der Waals surface area contributed by atoms with Crippen LogP contribution in [0, 0.1) is 18.3 Å². The predicted octanol–water partition coefficient (Wildman–Crippen LogP) is 4.92. The SMILES string of the molecule is Cc1nc(C#N)c(NN=Cc2cn(-c3ccccc3)nc2-c2ccc(Br)cc2)o1. The van der Waals surface area contributed by atoms with Gasteiger partial charge in [-0.3, -0.25) is 0 Å². The minimum atomic E-state index is 0.160. The molecule has 2 heterocycles. The van der Waals surface area contributed by atoms with E-state index in [0.717, 1.165) is 27.0 Å². The summed E-state index contributed by atoms with van der Waals surface area (Å²) in [6.07, 6.45) is 3.54. The van der Waals surface area contributed by atoms with Gasteiger partial charge in [-0.2, -0.15) is 15.5 Å². The molecule has 4 rings (SSSR count). The molecular formula is C21H15BrN6O. The first kappa shape index (κ1) is 18.7. The molecule has 0 unspecified atom stereocenters. The van der Waals surface area contributed by atoms with Gasteiger partial charge in [0.2, 0.25) is 5.69 Å². The quantitative estimate of drug-likeness (QED) is 0.347. The smallest absolute Gasteiger partial charge is 0.252 e. The zero-order valence-corrected chi connectivity index (χ0v) is 17.0. The van der Waals surface area contributed by atoms with Crippen molar-refractivity contribution >= 4 is 28.0 Å². The molecule has 0 atom stereocenters. The lowest BCUT2D eigenvalue weighted by atomic mass is 10.1. The predicted molar refractivity (Wildman–Crippen MR) is 114 cm³/mol. The molecule has 7 nitrogen and oxygen atoms in total. The summed E-state index contributed by atoms with van der Waals surface area (Å²) in [5, 5.41) is 18.1. The lowest BCUT2D eigenvalue weighted by Gasteiger charge is -2.00. The van der Waals surface area contributed by atoms with Gasteiger partial charge in [-0.1, -0.05) is 46.3 Å². The Bertz CT molecular complexity index is 1200.